The van der Waals surface area contributed by atoms with Gasteiger partial charge >= 0.3 is 5.97 Å². The van der Waals surface area contributed by atoms with Crippen LogP contribution >= 0.6 is 0 Å². The Morgan fingerprint density at radius 3 is 2.78 bits per heavy atom. The van der Waals surface area contributed by atoms with E-state index in [0.29, 0.717) is 11.3 Å². The van der Waals surface area contributed by atoms with Crippen molar-refractivity contribution in [2.75, 3.05) is 12.0 Å². The summed E-state index contributed by atoms with van der Waals surface area (Å²) < 4.78 is 4.95. The number of nitrogens with one attached hydrogen (secondary N) is 2. The van der Waals surface area contributed by atoms with Gasteiger partial charge in [0.25, 0.3) is 5.69 Å². The number of nitro groups is 1. The van der Waals surface area contributed by atoms with Crippen LogP contribution in [0.3, 0.4) is 0 Å². The van der Waals surface area contributed by atoms with E-state index in [2.05, 4.69) is 20.7 Å². The van der Waals surface area contributed by atoms with Crippen molar-refractivity contribution >= 4 is 23.7 Å². The molecule has 0 spiro atoms. The third-order valence-corrected chi connectivity index (χ3v) is 2.91. The fraction of sp³-hybridized carbons (Fsp3) is 0.214. The van der Waals surface area contributed by atoms with Crippen LogP contribution in [0.25, 0.3) is 0 Å². The molecule has 9 nitrogen and oxygen atoms in total. The SMILES string of the molecule is CCOC(=O)c1c(NN=Cc2ccc([N+](=O)[O-])cc2)n[nH]c1C. The summed E-state index contributed by atoms with van der Waals surface area (Å²) in [7, 11) is 0. The number of H-pyrrole nitrogens is 1. The van der Waals surface area contributed by atoms with Crippen molar-refractivity contribution < 1.29 is 14.5 Å². The second kappa shape index (κ2) is 7.16. The lowest BCUT2D eigenvalue weighted by Gasteiger charge is -2.02. The first-order chi connectivity index (χ1) is 11.0. The quantitative estimate of drug-likeness (QED) is 0.364. The fourth-order valence-electron chi connectivity index (χ4n) is 1.81. The molecule has 2 aromatic rings. The summed E-state index contributed by atoms with van der Waals surface area (Å²) in [4.78, 5) is 21.9. The maximum absolute atomic E-state index is 11.8. The van der Waals surface area contributed by atoms with Crippen LogP contribution in [0, 0.1) is 17.0 Å². The second-order valence-corrected chi connectivity index (χ2v) is 4.51. The molecular weight excluding hydrogens is 302 g/mol. The van der Waals surface area contributed by atoms with Crippen molar-refractivity contribution in [3.63, 3.8) is 0 Å². The van der Waals surface area contributed by atoms with Crippen molar-refractivity contribution in [3.05, 3.63) is 51.2 Å². The van der Waals surface area contributed by atoms with Crippen molar-refractivity contribution in [2.24, 2.45) is 5.10 Å². The van der Waals surface area contributed by atoms with Gasteiger partial charge in [0.2, 0.25) is 0 Å². The molecule has 0 atom stereocenters. The smallest absolute Gasteiger partial charge is 0.343 e. The monoisotopic (exact) mass is 317 g/mol. The number of carbonyl (C=O) groups excluding carboxylic acids is 1. The van der Waals surface area contributed by atoms with Gasteiger partial charge in [0.1, 0.15) is 5.56 Å². The highest BCUT2D eigenvalue weighted by atomic mass is 16.6. The number of aromatic nitrogens is 2. The van der Waals surface area contributed by atoms with Gasteiger partial charge in [0.05, 0.1) is 17.7 Å². The van der Waals surface area contributed by atoms with Crippen LogP contribution in [0.2, 0.25) is 0 Å². The molecule has 0 amide bonds. The predicted molar refractivity (Wildman–Crippen MR) is 83.6 cm³/mol. The van der Waals surface area contributed by atoms with E-state index in [-0.39, 0.29) is 23.7 Å². The molecule has 0 aliphatic rings. The fourth-order valence-corrected chi connectivity index (χ4v) is 1.81. The number of aryl methyl sites for hydroxylation is 1. The molecule has 0 aliphatic carbocycles. The zero-order valence-corrected chi connectivity index (χ0v) is 12.6. The minimum atomic E-state index is -0.494. The van der Waals surface area contributed by atoms with E-state index in [1.807, 2.05) is 0 Å². The van der Waals surface area contributed by atoms with Crippen molar-refractivity contribution in [1.29, 1.82) is 0 Å². The average Bonchev–Trinajstić information content (AvgIpc) is 2.89. The maximum atomic E-state index is 11.8. The van der Waals surface area contributed by atoms with Gasteiger partial charge in [-0.2, -0.15) is 10.2 Å². The number of hydrazone groups is 1. The molecule has 1 aromatic carbocycles. The first-order valence-electron chi connectivity index (χ1n) is 6.78. The van der Waals surface area contributed by atoms with E-state index in [0.717, 1.165) is 0 Å². The molecule has 0 saturated heterocycles. The maximum Gasteiger partial charge on any atom is 0.343 e. The van der Waals surface area contributed by atoms with Gasteiger partial charge in [-0.05, 0) is 31.5 Å². The lowest BCUT2D eigenvalue weighted by Crippen LogP contribution is -2.08. The molecule has 23 heavy (non-hydrogen) atoms. The minimum absolute atomic E-state index is 0.00244. The van der Waals surface area contributed by atoms with E-state index in [1.165, 1.54) is 18.3 Å². The van der Waals surface area contributed by atoms with Crippen LogP contribution in [-0.2, 0) is 4.74 Å². The third-order valence-electron chi connectivity index (χ3n) is 2.91. The Kier molecular flexibility index (Phi) is 5.03. The van der Waals surface area contributed by atoms with Gasteiger partial charge in [0.15, 0.2) is 5.82 Å². The van der Waals surface area contributed by atoms with E-state index >= 15 is 0 Å². The van der Waals surface area contributed by atoms with Gasteiger partial charge in [-0.3, -0.25) is 20.6 Å². The number of nitrogens with zero attached hydrogens (tertiary/aromatic N) is 3. The summed E-state index contributed by atoms with van der Waals surface area (Å²) in [6.07, 6.45) is 1.46. The summed E-state index contributed by atoms with van der Waals surface area (Å²) in [6, 6.07) is 5.88. The molecule has 9 heteroatoms. The number of carbonyl (C=O) groups is 1. The minimum Gasteiger partial charge on any atom is -0.462 e. The first-order valence-corrected chi connectivity index (χ1v) is 6.78. The van der Waals surface area contributed by atoms with Crippen LogP contribution in [0.5, 0.6) is 0 Å². The number of esters is 1. The van der Waals surface area contributed by atoms with Crippen LogP contribution in [-0.4, -0.2) is 33.9 Å². The molecule has 120 valence electrons. The number of rotatable bonds is 6. The number of anilines is 1. The third kappa shape index (κ3) is 3.90. The van der Waals surface area contributed by atoms with Gasteiger partial charge < -0.3 is 4.74 Å². The Hall–Kier alpha value is -3.23. The molecule has 1 aromatic heterocycles. The van der Waals surface area contributed by atoms with E-state index in [1.54, 1.807) is 26.0 Å². The zero-order chi connectivity index (χ0) is 16.8. The van der Waals surface area contributed by atoms with E-state index in [4.69, 9.17) is 4.74 Å². The summed E-state index contributed by atoms with van der Waals surface area (Å²) in [5.74, 6) is -0.245. The van der Waals surface area contributed by atoms with Crippen molar-refractivity contribution in [3.8, 4) is 0 Å². The van der Waals surface area contributed by atoms with Gasteiger partial charge in [0, 0.05) is 17.8 Å². The van der Waals surface area contributed by atoms with Crippen LogP contribution in [0.15, 0.2) is 29.4 Å². The topological polar surface area (TPSA) is 123 Å². The molecule has 0 aliphatic heterocycles. The molecule has 0 fully saturated rings. The normalized spacial score (nSPS) is 10.7. The predicted octanol–water partition coefficient (Wildman–Crippen LogP) is 2.25. The Labute approximate surface area is 131 Å². The summed E-state index contributed by atoms with van der Waals surface area (Å²) in [5, 5.41) is 21.2. The Balaban J connectivity index is 2.08. The number of nitro benzene ring substituents is 1. The van der Waals surface area contributed by atoms with Crippen molar-refractivity contribution in [1.82, 2.24) is 10.2 Å². The Morgan fingerprint density at radius 2 is 2.17 bits per heavy atom. The van der Waals surface area contributed by atoms with Crippen LogP contribution in [0.1, 0.15) is 28.5 Å². The Morgan fingerprint density at radius 1 is 1.48 bits per heavy atom. The molecule has 2 N–H and O–H groups in total. The number of ether oxygens (including phenoxy) is 1. The summed E-state index contributed by atoms with van der Waals surface area (Å²) >= 11 is 0. The average molecular weight is 317 g/mol. The highest BCUT2D eigenvalue weighted by Gasteiger charge is 2.18. The lowest BCUT2D eigenvalue weighted by molar-refractivity contribution is -0.384. The number of benzene rings is 1. The van der Waals surface area contributed by atoms with Crippen LogP contribution < -0.4 is 5.43 Å². The number of hydrogen-bond acceptors (Lipinski definition) is 7. The number of aromatic amines is 1. The lowest BCUT2D eigenvalue weighted by atomic mass is 10.2. The summed E-state index contributed by atoms with van der Waals surface area (Å²) in [5.41, 5.74) is 4.17. The Bertz CT molecular complexity index is 736. The molecule has 0 bridgehead atoms. The highest BCUT2D eigenvalue weighted by molar-refractivity contribution is 5.96. The van der Waals surface area contributed by atoms with E-state index in [9.17, 15) is 14.9 Å². The standard InChI is InChI=1S/C14H15N5O4/c1-3-23-14(20)12-9(2)16-18-13(12)17-15-8-10-4-6-11(7-5-10)19(21)22/h4-8H,3H2,1-2H3,(H2,16,17,18). The molecule has 0 radical (unpaired) electrons. The molecule has 1 heterocycles. The van der Waals surface area contributed by atoms with E-state index < -0.39 is 10.9 Å². The summed E-state index contributed by atoms with van der Waals surface area (Å²) in [6.45, 7) is 3.67. The highest BCUT2D eigenvalue weighted by Crippen LogP contribution is 2.17. The van der Waals surface area contributed by atoms with Gasteiger partial charge in [-0.1, -0.05) is 0 Å². The molecule has 2 rings (SSSR count). The first kappa shape index (κ1) is 16.1. The molecule has 0 saturated carbocycles. The second-order valence-electron chi connectivity index (χ2n) is 4.51. The number of hydrogen-bond donors (Lipinski definition) is 2. The van der Waals surface area contributed by atoms with Crippen LogP contribution in [0.4, 0.5) is 11.5 Å². The molecular formula is C14H15N5O4. The van der Waals surface area contributed by atoms with Gasteiger partial charge in [-0.25, -0.2) is 4.79 Å². The van der Waals surface area contributed by atoms with Crippen molar-refractivity contribution in [2.45, 2.75) is 13.8 Å². The zero-order valence-electron chi connectivity index (χ0n) is 12.6. The van der Waals surface area contributed by atoms with Gasteiger partial charge in [-0.15, -0.1) is 0 Å². The number of non-ortho nitro benzene ring substituents is 1. The molecule has 0 unspecified atom stereocenters. The largest absolute Gasteiger partial charge is 0.462 e.